The maximum absolute atomic E-state index is 12.0. The minimum absolute atomic E-state index is 0.0669. The van der Waals surface area contributed by atoms with Crippen molar-refractivity contribution in [1.29, 1.82) is 0 Å². The van der Waals surface area contributed by atoms with E-state index in [0.29, 0.717) is 18.7 Å². The van der Waals surface area contributed by atoms with Gasteiger partial charge in [-0.05, 0) is 31.5 Å². The Morgan fingerprint density at radius 1 is 1.13 bits per heavy atom. The van der Waals surface area contributed by atoms with Crippen LogP contribution in [0, 0.1) is 13.8 Å². The predicted octanol–water partition coefficient (Wildman–Crippen LogP) is 3.15. The summed E-state index contributed by atoms with van der Waals surface area (Å²) in [6.07, 6.45) is 1.57. The molecule has 118 valence electrons. The molecule has 0 unspecified atom stereocenters. The van der Waals surface area contributed by atoms with Gasteiger partial charge in [-0.15, -0.1) is 11.3 Å². The number of anilines is 1. The number of benzene rings is 1. The number of hydrogen-bond donors (Lipinski definition) is 2. The first-order valence-electron chi connectivity index (χ1n) is 7.44. The predicted molar refractivity (Wildman–Crippen MR) is 94.2 cm³/mol. The monoisotopic (exact) mass is 326 g/mol. The van der Waals surface area contributed by atoms with Crippen LogP contribution in [-0.2, 0) is 0 Å². The number of rotatable bonds is 5. The molecule has 0 bridgehead atoms. The summed E-state index contributed by atoms with van der Waals surface area (Å²) in [4.78, 5) is 22.9. The molecule has 0 spiro atoms. The first kappa shape index (κ1) is 15.4. The summed E-state index contributed by atoms with van der Waals surface area (Å²) in [5.41, 5.74) is 1.88. The van der Waals surface area contributed by atoms with E-state index in [-0.39, 0.29) is 5.91 Å². The van der Waals surface area contributed by atoms with Gasteiger partial charge in [0.2, 0.25) is 0 Å². The number of nitrogens with one attached hydrogen (secondary N) is 2. The summed E-state index contributed by atoms with van der Waals surface area (Å²) in [5.74, 6) is 0.758. The molecule has 1 amide bonds. The second kappa shape index (κ2) is 6.75. The van der Waals surface area contributed by atoms with Crippen molar-refractivity contribution in [3.8, 4) is 0 Å². The number of thiophene rings is 1. The lowest BCUT2D eigenvalue weighted by Crippen LogP contribution is -2.28. The lowest BCUT2D eigenvalue weighted by atomic mass is 10.2. The van der Waals surface area contributed by atoms with Crippen molar-refractivity contribution in [3.63, 3.8) is 0 Å². The quantitative estimate of drug-likeness (QED) is 0.707. The number of aryl methyl sites for hydroxylation is 2. The Labute approximate surface area is 138 Å². The first-order valence-corrected chi connectivity index (χ1v) is 8.26. The standard InChI is InChI=1S/C17H18N4OS/c1-11-12(2)23-17-14(11)15(20-10-21-17)18-8-9-19-16(22)13-6-4-3-5-7-13/h3-7,10H,8-9H2,1-2H3,(H,19,22)(H,18,20,21). The van der Waals surface area contributed by atoms with E-state index in [9.17, 15) is 4.79 Å². The largest absolute Gasteiger partial charge is 0.368 e. The summed E-state index contributed by atoms with van der Waals surface area (Å²) >= 11 is 1.67. The van der Waals surface area contributed by atoms with Crippen LogP contribution in [0.3, 0.4) is 0 Å². The van der Waals surface area contributed by atoms with E-state index in [0.717, 1.165) is 16.0 Å². The van der Waals surface area contributed by atoms with Gasteiger partial charge in [-0.3, -0.25) is 4.79 Å². The minimum atomic E-state index is -0.0669. The topological polar surface area (TPSA) is 66.9 Å². The molecule has 0 saturated heterocycles. The number of nitrogens with zero attached hydrogens (tertiary/aromatic N) is 2. The highest BCUT2D eigenvalue weighted by molar-refractivity contribution is 7.18. The van der Waals surface area contributed by atoms with Crippen LogP contribution < -0.4 is 10.6 Å². The van der Waals surface area contributed by atoms with E-state index in [4.69, 9.17) is 0 Å². The Morgan fingerprint density at radius 3 is 2.70 bits per heavy atom. The fourth-order valence-corrected chi connectivity index (χ4v) is 3.36. The zero-order valence-electron chi connectivity index (χ0n) is 13.1. The van der Waals surface area contributed by atoms with Gasteiger partial charge in [0.05, 0.1) is 5.39 Å². The van der Waals surface area contributed by atoms with Crippen molar-refractivity contribution < 1.29 is 4.79 Å². The zero-order valence-corrected chi connectivity index (χ0v) is 13.9. The molecule has 0 saturated carbocycles. The van der Waals surface area contributed by atoms with Crippen molar-refractivity contribution in [2.75, 3.05) is 18.4 Å². The summed E-state index contributed by atoms with van der Waals surface area (Å²) in [6, 6.07) is 9.20. The van der Waals surface area contributed by atoms with Gasteiger partial charge in [-0.2, -0.15) is 0 Å². The number of carbonyl (C=O) groups is 1. The van der Waals surface area contributed by atoms with E-state index in [1.165, 1.54) is 10.4 Å². The zero-order chi connectivity index (χ0) is 16.2. The molecule has 0 fully saturated rings. The van der Waals surface area contributed by atoms with Crippen LogP contribution in [0.2, 0.25) is 0 Å². The molecule has 2 N–H and O–H groups in total. The van der Waals surface area contributed by atoms with Gasteiger partial charge in [0.15, 0.2) is 0 Å². The molecule has 3 aromatic rings. The molecule has 0 radical (unpaired) electrons. The van der Waals surface area contributed by atoms with Gasteiger partial charge in [-0.1, -0.05) is 18.2 Å². The SMILES string of the molecule is Cc1sc2ncnc(NCCNC(=O)c3ccccc3)c2c1C. The Balaban J connectivity index is 1.60. The molecule has 2 heterocycles. The van der Waals surface area contributed by atoms with Gasteiger partial charge in [0.25, 0.3) is 5.91 Å². The Kier molecular flexibility index (Phi) is 4.52. The van der Waals surface area contributed by atoms with Gasteiger partial charge in [-0.25, -0.2) is 9.97 Å². The smallest absolute Gasteiger partial charge is 0.251 e. The van der Waals surface area contributed by atoms with Gasteiger partial charge in [0.1, 0.15) is 17.0 Å². The van der Waals surface area contributed by atoms with Crippen LogP contribution in [0.25, 0.3) is 10.2 Å². The lowest BCUT2D eigenvalue weighted by molar-refractivity contribution is 0.0955. The van der Waals surface area contributed by atoms with Crippen LogP contribution in [0.4, 0.5) is 5.82 Å². The Morgan fingerprint density at radius 2 is 1.91 bits per heavy atom. The van der Waals surface area contributed by atoms with Crippen LogP contribution in [0.5, 0.6) is 0 Å². The van der Waals surface area contributed by atoms with Crippen LogP contribution in [0.1, 0.15) is 20.8 Å². The molecular formula is C17H18N4OS. The molecule has 0 aliphatic carbocycles. The minimum Gasteiger partial charge on any atom is -0.368 e. The number of aromatic nitrogens is 2. The maximum atomic E-state index is 12.0. The summed E-state index contributed by atoms with van der Waals surface area (Å²) in [6.45, 7) is 5.31. The molecule has 3 rings (SSSR count). The summed E-state index contributed by atoms with van der Waals surface area (Å²) in [5, 5.41) is 7.26. The maximum Gasteiger partial charge on any atom is 0.251 e. The highest BCUT2D eigenvalue weighted by Crippen LogP contribution is 2.32. The van der Waals surface area contributed by atoms with Crippen LogP contribution in [-0.4, -0.2) is 29.0 Å². The van der Waals surface area contributed by atoms with E-state index < -0.39 is 0 Å². The third-order valence-electron chi connectivity index (χ3n) is 3.70. The molecule has 23 heavy (non-hydrogen) atoms. The number of hydrogen-bond acceptors (Lipinski definition) is 5. The molecule has 0 atom stereocenters. The van der Waals surface area contributed by atoms with E-state index in [1.807, 2.05) is 18.2 Å². The van der Waals surface area contributed by atoms with E-state index in [2.05, 4.69) is 34.4 Å². The fraction of sp³-hybridized carbons (Fsp3) is 0.235. The van der Waals surface area contributed by atoms with Gasteiger partial charge in [0, 0.05) is 23.5 Å². The molecule has 0 aliphatic heterocycles. The average molecular weight is 326 g/mol. The first-order chi connectivity index (χ1) is 11.2. The number of carbonyl (C=O) groups excluding carboxylic acids is 1. The van der Waals surface area contributed by atoms with Crippen molar-refractivity contribution in [2.45, 2.75) is 13.8 Å². The molecule has 1 aromatic carbocycles. The van der Waals surface area contributed by atoms with Gasteiger partial charge >= 0.3 is 0 Å². The van der Waals surface area contributed by atoms with Crippen molar-refractivity contribution in [3.05, 3.63) is 52.7 Å². The normalized spacial score (nSPS) is 10.7. The van der Waals surface area contributed by atoms with Crippen molar-refractivity contribution in [2.24, 2.45) is 0 Å². The second-order valence-electron chi connectivity index (χ2n) is 5.23. The Bertz CT molecular complexity index is 829. The molecule has 6 heteroatoms. The second-order valence-corrected chi connectivity index (χ2v) is 6.44. The summed E-state index contributed by atoms with van der Waals surface area (Å²) in [7, 11) is 0. The number of fused-ring (bicyclic) bond motifs is 1. The number of amides is 1. The van der Waals surface area contributed by atoms with Gasteiger partial charge < -0.3 is 10.6 Å². The van der Waals surface area contributed by atoms with Crippen LogP contribution >= 0.6 is 11.3 Å². The van der Waals surface area contributed by atoms with Crippen molar-refractivity contribution in [1.82, 2.24) is 15.3 Å². The fourth-order valence-electron chi connectivity index (χ4n) is 2.36. The van der Waals surface area contributed by atoms with Crippen LogP contribution in [0.15, 0.2) is 36.7 Å². The molecule has 0 aliphatic rings. The van der Waals surface area contributed by atoms with E-state index >= 15 is 0 Å². The molecule has 5 nitrogen and oxygen atoms in total. The molecule has 2 aromatic heterocycles. The summed E-state index contributed by atoms with van der Waals surface area (Å²) < 4.78 is 0. The highest BCUT2D eigenvalue weighted by Gasteiger charge is 2.11. The molecular weight excluding hydrogens is 308 g/mol. The average Bonchev–Trinajstić information content (AvgIpc) is 2.87. The third-order valence-corrected chi connectivity index (χ3v) is 4.82. The Hall–Kier alpha value is -2.47. The van der Waals surface area contributed by atoms with E-state index in [1.54, 1.807) is 29.8 Å². The highest BCUT2D eigenvalue weighted by atomic mass is 32.1. The lowest BCUT2D eigenvalue weighted by Gasteiger charge is -2.08. The van der Waals surface area contributed by atoms with Crippen molar-refractivity contribution >= 4 is 33.3 Å². The third kappa shape index (κ3) is 3.32.